The number of carbonyl (C=O) groups is 1. The molecule has 1 aromatic carbocycles. The smallest absolute Gasteiger partial charge is 0.240 e. The minimum absolute atomic E-state index is 0.0329. The largest absolute Gasteiger partial charge is 0.375 e. The summed E-state index contributed by atoms with van der Waals surface area (Å²) < 4.78 is 5.54. The number of nitrogens with zero attached hydrogens (tertiary/aromatic N) is 2. The van der Waals surface area contributed by atoms with E-state index in [2.05, 4.69) is 15.6 Å². The summed E-state index contributed by atoms with van der Waals surface area (Å²) in [7, 11) is 3.93. The molecule has 128 valence electrons. The van der Waals surface area contributed by atoms with Gasteiger partial charge in [0, 0.05) is 32.6 Å². The monoisotopic (exact) mass is 328 g/mol. The second-order valence-corrected chi connectivity index (χ2v) is 6.28. The van der Waals surface area contributed by atoms with Gasteiger partial charge in [-0.1, -0.05) is 18.2 Å². The molecule has 2 aromatic rings. The van der Waals surface area contributed by atoms with Crippen molar-refractivity contribution in [2.45, 2.75) is 25.6 Å². The number of hydrogen-bond donors (Lipinski definition) is 2. The highest BCUT2D eigenvalue weighted by Gasteiger charge is 2.28. The maximum absolute atomic E-state index is 12.5. The lowest BCUT2D eigenvalue weighted by molar-refractivity contribution is -0.129. The number of anilines is 1. The number of morpholine rings is 1. The van der Waals surface area contributed by atoms with Crippen LogP contribution in [0, 0.1) is 0 Å². The van der Waals surface area contributed by atoms with Gasteiger partial charge >= 0.3 is 0 Å². The molecule has 0 unspecified atom stereocenters. The highest BCUT2D eigenvalue weighted by atomic mass is 16.5. The zero-order valence-electron chi connectivity index (χ0n) is 14.4. The number of pyridine rings is 1. The molecule has 24 heavy (non-hydrogen) atoms. The van der Waals surface area contributed by atoms with Gasteiger partial charge in [-0.2, -0.15) is 0 Å². The summed E-state index contributed by atoms with van der Waals surface area (Å²) in [5.74, 6) is 0.847. The van der Waals surface area contributed by atoms with Crippen molar-refractivity contribution in [3.8, 4) is 0 Å². The first-order chi connectivity index (χ1) is 11.6. The van der Waals surface area contributed by atoms with Gasteiger partial charge in [0.2, 0.25) is 5.91 Å². The molecular formula is C18H24N4O2. The molecule has 1 fully saturated rings. The number of hydrogen-bond acceptors (Lipinski definition) is 5. The van der Waals surface area contributed by atoms with Crippen molar-refractivity contribution < 1.29 is 9.53 Å². The molecule has 0 spiro atoms. The van der Waals surface area contributed by atoms with Gasteiger partial charge in [-0.3, -0.25) is 4.79 Å². The van der Waals surface area contributed by atoms with Crippen LogP contribution < -0.4 is 15.5 Å². The van der Waals surface area contributed by atoms with Crippen LogP contribution in [0.4, 0.5) is 5.82 Å². The average Bonchev–Trinajstić information content (AvgIpc) is 2.59. The van der Waals surface area contributed by atoms with Crippen LogP contribution in [-0.4, -0.2) is 50.3 Å². The molecule has 0 saturated carbocycles. The van der Waals surface area contributed by atoms with Gasteiger partial charge in [0.25, 0.3) is 0 Å². The van der Waals surface area contributed by atoms with Crippen molar-refractivity contribution in [1.29, 1.82) is 0 Å². The lowest BCUT2D eigenvalue weighted by Gasteiger charge is -2.29. The molecule has 1 aliphatic heterocycles. The van der Waals surface area contributed by atoms with E-state index in [4.69, 9.17) is 4.74 Å². The van der Waals surface area contributed by atoms with Crippen LogP contribution in [0.2, 0.25) is 0 Å². The number of ether oxygens (including phenoxy) is 1. The van der Waals surface area contributed by atoms with Crippen LogP contribution in [0.25, 0.3) is 10.9 Å². The van der Waals surface area contributed by atoms with Crippen molar-refractivity contribution in [2.75, 3.05) is 32.1 Å². The molecule has 1 amide bonds. The summed E-state index contributed by atoms with van der Waals surface area (Å²) in [6.07, 6.45) is -0.120. The van der Waals surface area contributed by atoms with Gasteiger partial charge in [0.15, 0.2) is 0 Å². The van der Waals surface area contributed by atoms with Gasteiger partial charge in [-0.25, -0.2) is 4.98 Å². The van der Waals surface area contributed by atoms with Gasteiger partial charge < -0.3 is 20.3 Å². The third-order valence-electron chi connectivity index (χ3n) is 4.30. The molecule has 0 aliphatic carbocycles. The number of para-hydroxylation sites is 1. The Balaban J connectivity index is 1.80. The number of aromatic nitrogens is 1. The predicted molar refractivity (Wildman–Crippen MR) is 95.1 cm³/mol. The average molecular weight is 328 g/mol. The van der Waals surface area contributed by atoms with Crippen LogP contribution in [0.1, 0.15) is 12.5 Å². The normalized spacial score (nSPS) is 20.8. The van der Waals surface area contributed by atoms with Crippen molar-refractivity contribution in [3.05, 3.63) is 35.9 Å². The fourth-order valence-electron chi connectivity index (χ4n) is 2.93. The lowest BCUT2D eigenvalue weighted by Crippen LogP contribution is -2.55. The maximum atomic E-state index is 12.5. The maximum Gasteiger partial charge on any atom is 0.240 e. The zero-order chi connectivity index (χ0) is 17.1. The molecular weight excluding hydrogens is 304 g/mol. The second kappa shape index (κ2) is 7.15. The molecule has 1 aromatic heterocycles. The van der Waals surface area contributed by atoms with E-state index in [0.29, 0.717) is 19.7 Å². The van der Waals surface area contributed by atoms with E-state index < -0.39 is 0 Å². The highest BCUT2D eigenvalue weighted by molar-refractivity contribution is 5.86. The van der Waals surface area contributed by atoms with E-state index in [1.165, 1.54) is 0 Å². The minimum atomic E-state index is -0.305. The topological polar surface area (TPSA) is 66.5 Å². The van der Waals surface area contributed by atoms with E-state index in [1.807, 2.05) is 56.3 Å². The standard InChI is InChI=1S/C18H24N4O2/c1-12-17(19-8-9-24-12)18(23)20-11-13-10-16(22(2)3)21-15-7-5-4-6-14(13)15/h4-7,10,12,17,19H,8-9,11H2,1-3H3,(H,20,23)/t12-,17+/m1/s1. The van der Waals surface area contributed by atoms with Gasteiger partial charge in [-0.05, 0) is 24.6 Å². The van der Waals surface area contributed by atoms with Gasteiger partial charge in [0.05, 0.1) is 18.2 Å². The Morgan fingerprint density at radius 3 is 2.96 bits per heavy atom. The Morgan fingerprint density at radius 2 is 2.21 bits per heavy atom. The lowest BCUT2D eigenvalue weighted by atomic mass is 10.1. The van der Waals surface area contributed by atoms with Crippen LogP contribution in [-0.2, 0) is 16.1 Å². The highest BCUT2D eigenvalue weighted by Crippen LogP contribution is 2.22. The molecule has 6 heteroatoms. The second-order valence-electron chi connectivity index (χ2n) is 6.28. The summed E-state index contributed by atoms with van der Waals surface area (Å²) in [5, 5.41) is 7.30. The van der Waals surface area contributed by atoms with Crippen LogP contribution in [0.5, 0.6) is 0 Å². The molecule has 3 rings (SSSR count). The number of carbonyl (C=O) groups excluding carboxylic acids is 1. The van der Waals surface area contributed by atoms with Gasteiger partial charge in [0.1, 0.15) is 11.9 Å². The van der Waals surface area contributed by atoms with Crippen molar-refractivity contribution in [1.82, 2.24) is 15.6 Å². The molecule has 2 N–H and O–H groups in total. The predicted octanol–water partition coefficient (Wildman–Crippen LogP) is 1.29. The Hall–Kier alpha value is -2.18. The molecule has 6 nitrogen and oxygen atoms in total. The summed E-state index contributed by atoms with van der Waals surface area (Å²) in [6, 6.07) is 9.71. The van der Waals surface area contributed by atoms with Crippen LogP contribution in [0.3, 0.4) is 0 Å². The third kappa shape index (κ3) is 3.49. The molecule has 2 atom stereocenters. The summed E-state index contributed by atoms with van der Waals surface area (Å²) in [6.45, 7) is 3.73. The number of fused-ring (bicyclic) bond motifs is 1. The summed E-state index contributed by atoms with van der Waals surface area (Å²) in [4.78, 5) is 19.1. The van der Waals surface area contributed by atoms with E-state index in [-0.39, 0.29) is 18.1 Å². The fourth-order valence-corrected chi connectivity index (χ4v) is 2.93. The van der Waals surface area contributed by atoms with E-state index in [1.54, 1.807) is 0 Å². The Kier molecular flexibility index (Phi) is 4.97. The molecule has 0 bridgehead atoms. The first kappa shape index (κ1) is 16.7. The van der Waals surface area contributed by atoms with Crippen LogP contribution in [0.15, 0.2) is 30.3 Å². The zero-order valence-corrected chi connectivity index (χ0v) is 14.4. The van der Waals surface area contributed by atoms with Crippen molar-refractivity contribution in [2.24, 2.45) is 0 Å². The molecule has 2 heterocycles. The quantitative estimate of drug-likeness (QED) is 0.885. The fraction of sp³-hybridized carbons (Fsp3) is 0.444. The Labute approximate surface area is 142 Å². The van der Waals surface area contributed by atoms with Crippen molar-refractivity contribution >= 4 is 22.6 Å². The number of amides is 1. The number of rotatable bonds is 4. The summed E-state index contributed by atoms with van der Waals surface area (Å²) in [5.41, 5.74) is 1.99. The van der Waals surface area contributed by atoms with Crippen LogP contribution >= 0.6 is 0 Å². The summed E-state index contributed by atoms with van der Waals surface area (Å²) >= 11 is 0. The van der Waals surface area contributed by atoms with Gasteiger partial charge in [-0.15, -0.1) is 0 Å². The van der Waals surface area contributed by atoms with E-state index >= 15 is 0 Å². The Morgan fingerprint density at radius 1 is 1.42 bits per heavy atom. The molecule has 0 radical (unpaired) electrons. The SMILES string of the molecule is C[C@H]1OCCN[C@@H]1C(=O)NCc1cc(N(C)C)nc2ccccc12. The first-order valence-electron chi connectivity index (χ1n) is 8.25. The number of benzene rings is 1. The first-order valence-corrected chi connectivity index (χ1v) is 8.25. The molecule has 1 aliphatic rings. The van der Waals surface area contributed by atoms with Crippen molar-refractivity contribution in [3.63, 3.8) is 0 Å². The molecule has 1 saturated heterocycles. The van der Waals surface area contributed by atoms with E-state index in [0.717, 1.165) is 22.3 Å². The minimum Gasteiger partial charge on any atom is -0.375 e. The van der Waals surface area contributed by atoms with E-state index in [9.17, 15) is 4.79 Å². The third-order valence-corrected chi connectivity index (χ3v) is 4.30. The Bertz CT molecular complexity index is 732. The number of nitrogens with one attached hydrogen (secondary N) is 2.